The third-order valence-electron chi connectivity index (χ3n) is 5.10. The van der Waals surface area contributed by atoms with E-state index in [0.29, 0.717) is 0 Å². The second-order valence-electron chi connectivity index (χ2n) is 6.68. The van der Waals surface area contributed by atoms with Crippen molar-refractivity contribution in [3.05, 3.63) is 118 Å². The molecular formula is C25H18S2. The van der Waals surface area contributed by atoms with Crippen LogP contribution in [0.2, 0.25) is 0 Å². The van der Waals surface area contributed by atoms with E-state index >= 15 is 0 Å². The Morgan fingerprint density at radius 2 is 1.00 bits per heavy atom. The van der Waals surface area contributed by atoms with Crippen molar-refractivity contribution in [2.24, 2.45) is 0 Å². The van der Waals surface area contributed by atoms with Crippen LogP contribution >= 0.6 is 22.7 Å². The summed E-state index contributed by atoms with van der Waals surface area (Å²) in [6.45, 7) is 0. The number of rotatable bonds is 4. The highest BCUT2D eigenvalue weighted by atomic mass is 32.1. The normalized spacial score (nSPS) is 14.7. The van der Waals surface area contributed by atoms with Gasteiger partial charge in [-0.25, -0.2) is 0 Å². The minimum absolute atomic E-state index is 0.212. The summed E-state index contributed by atoms with van der Waals surface area (Å²) in [5.41, 5.74) is 5.04. The average Bonchev–Trinajstić information content (AvgIpc) is 3.43. The van der Waals surface area contributed by atoms with Crippen molar-refractivity contribution in [1.82, 2.24) is 0 Å². The van der Waals surface area contributed by atoms with Gasteiger partial charge in [-0.1, -0.05) is 85.0 Å². The van der Waals surface area contributed by atoms with Crippen molar-refractivity contribution in [1.29, 1.82) is 0 Å². The first-order valence-corrected chi connectivity index (χ1v) is 10.8. The van der Waals surface area contributed by atoms with E-state index in [0.717, 1.165) is 0 Å². The van der Waals surface area contributed by atoms with E-state index < -0.39 is 0 Å². The van der Waals surface area contributed by atoms with E-state index in [1.54, 1.807) is 0 Å². The van der Waals surface area contributed by atoms with Crippen LogP contribution < -0.4 is 0 Å². The molecule has 0 unspecified atom stereocenters. The molecule has 0 fully saturated rings. The fourth-order valence-electron chi connectivity index (χ4n) is 3.77. The topological polar surface area (TPSA) is 0 Å². The Bertz CT molecular complexity index is 1020. The molecule has 0 atom stereocenters. The van der Waals surface area contributed by atoms with Crippen LogP contribution in [0, 0.1) is 0 Å². The predicted molar refractivity (Wildman–Crippen MR) is 119 cm³/mol. The van der Waals surface area contributed by atoms with Crippen LogP contribution in [0.1, 0.15) is 22.3 Å². The lowest BCUT2D eigenvalue weighted by molar-refractivity contribution is 0.858. The van der Waals surface area contributed by atoms with Gasteiger partial charge in [0.25, 0.3) is 0 Å². The smallest absolute Gasteiger partial charge is 0.0598 e. The second-order valence-corrected chi connectivity index (χ2v) is 8.52. The molecule has 2 aromatic heterocycles. The Hall–Kier alpha value is -2.68. The third-order valence-corrected chi connectivity index (χ3v) is 7.10. The van der Waals surface area contributed by atoms with Gasteiger partial charge in [0.15, 0.2) is 0 Å². The zero-order chi connectivity index (χ0) is 18.1. The highest BCUT2D eigenvalue weighted by Gasteiger charge is 2.41. The fourth-order valence-corrected chi connectivity index (χ4v) is 5.90. The van der Waals surface area contributed by atoms with Crippen molar-refractivity contribution in [3.8, 4) is 9.75 Å². The van der Waals surface area contributed by atoms with E-state index in [1.165, 1.54) is 32.0 Å². The average molecular weight is 383 g/mol. The Balaban J connectivity index is 1.68. The van der Waals surface area contributed by atoms with Gasteiger partial charge in [0.2, 0.25) is 0 Å². The molecule has 0 saturated heterocycles. The van der Waals surface area contributed by atoms with Crippen molar-refractivity contribution in [2.45, 2.75) is 5.41 Å². The van der Waals surface area contributed by atoms with Gasteiger partial charge in [-0.3, -0.25) is 0 Å². The SMILES string of the molecule is C(=CC1(C=Cc2ccccc2)c2ccsc2-c2sccc21)c1ccccc1. The molecule has 2 aromatic carbocycles. The van der Waals surface area contributed by atoms with E-state index in [4.69, 9.17) is 0 Å². The molecule has 27 heavy (non-hydrogen) atoms. The standard InChI is InChI=1S/C25H18S2/c1-3-7-19(8-4-1)11-15-25(16-12-20-9-5-2-6-10-20)21-13-17-26-23(21)24-22(25)14-18-27-24/h1-18H. The number of hydrogen-bond acceptors (Lipinski definition) is 2. The van der Waals surface area contributed by atoms with Crippen molar-refractivity contribution >= 4 is 34.8 Å². The highest BCUT2D eigenvalue weighted by molar-refractivity contribution is 7.21. The molecule has 4 aromatic rings. The molecule has 2 heteroatoms. The zero-order valence-electron chi connectivity index (χ0n) is 14.7. The molecule has 130 valence electrons. The van der Waals surface area contributed by atoms with E-state index in [9.17, 15) is 0 Å². The molecule has 0 saturated carbocycles. The van der Waals surface area contributed by atoms with Crippen LogP contribution in [-0.4, -0.2) is 0 Å². The molecule has 1 aliphatic rings. The maximum absolute atomic E-state index is 2.37. The molecule has 0 radical (unpaired) electrons. The van der Waals surface area contributed by atoms with Gasteiger partial charge in [0.1, 0.15) is 0 Å². The lowest BCUT2D eigenvalue weighted by atomic mass is 9.78. The first-order chi connectivity index (χ1) is 13.4. The lowest BCUT2D eigenvalue weighted by Gasteiger charge is -2.23. The monoisotopic (exact) mass is 382 g/mol. The van der Waals surface area contributed by atoms with Gasteiger partial charge < -0.3 is 0 Å². The maximum atomic E-state index is 2.37. The Kier molecular flexibility index (Phi) is 4.16. The third kappa shape index (κ3) is 2.82. The molecule has 0 nitrogen and oxygen atoms in total. The molecule has 0 amide bonds. The summed E-state index contributed by atoms with van der Waals surface area (Å²) in [7, 11) is 0. The maximum Gasteiger partial charge on any atom is 0.0598 e. The molecule has 0 aliphatic heterocycles. The Labute approximate surface area is 167 Å². The minimum Gasteiger partial charge on any atom is -0.143 e. The molecule has 1 aliphatic carbocycles. The summed E-state index contributed by atoms with van der Waals surface area (Å²) < 4.78 is 0. The van der Waals surface area contributed by atoms with Gasteiger partial charge in [-0.15, -0.1) is 22.7 Å². The van der Waals surface area contributed by atoms with E-state index in [-0.39, 0.29) is 5.41 Å². The molecule has 2 heterocycles. The second kappa shape index (κ2) is 6.80. The number of allylic oxidation sites excluding steroid dienone is 2. The van der Waals surface area contributed by atoms with Gasteiger partial charge in [-0.05, 0) is 45.1 Å². The largest absolute Gasteiger partial charge is 0.143 e. The van der Waals surface area contributed by atoms with Crippen LogP contribution in [0.4, 0.5) is 0 Å². The van der Waals surface area contributed by atoms with Crippen molar-refractivity contribution in [3.63, 3.8) is 0 Å². The Morgan fingerprint density at radius 1 is 0.556 bits per heavy atom. The number of thiophene rings is 2. The van der Waals surface area contributed by atoms with Crippen LogP contribution in [0.5, 0.6) is 0 Å². The summed E-state index contributed by atoms with van der Waals surface area (Å²) in [5.74, 6) is 0. The van der Waals surface area contributed by atoms with Crippen molar-refractivity contribution in [2.75, 3.05) is 0 Å². The summed E-state index contributed by atoms with van der Waals surface area (Å²) in [6.07, 6.45) is 9.24. The minimum atomic E-state index is -0.212. The highest BCUT2D eigenvalue weighted by Crippen LogP contribution is 2.55. The van der Waals surface area contributed by atoms with E-state index in [2.05, 4.69) is 108 Å². The van der Waals surface area contributed by atoms with E-state index in [1.807, 2.05) is 22.7 Å². The predicted octanol–water partition coefficient (Wildman–Crippen LogP) is 7.50. The van der Waals surface area contributed by atoms with Crippen LogP contribution in [-0.2, 0) is 5.41 Å². The Morgan fingerprint density at radius 3 is 1.44 bits per heavy atom. The summed E-state index contributed by atoms with van der Waals surface area (Å²) >= 11 is 3.70. The first-order valence-electron chi connectivity index (χ1n) is 9.02. The quantitative estimate of drug-likeness (QED) is 0.343. The number of fused-ring (bicyclic) bond motifs is 3. The van der Waals surface area contributed by atoms with Crippen molar-refractivity contribution < 1.29 is 0 Å². The first kappa shape index (κ1) is 16.5. The fraction of sp³-hybridized carbons (Fsp3) is 0.0400. The summed E-state index contributed by atoms with van der Waals surface area (Å²) in [6, 6.07) is 25.7. The van der Waals surface area contributed by atoms with Crippen LogP contribution in [0.3, 0.4) is 0 Å². The summed E-state index contributed by atoms with van der Waals surface area (Å²) in [5, 5.41) is 4.43. The van der Waals surface area contributed by atoms with Gasteiger partial charge in [-0.2, -0.15) is 0 Å². The van der Waals surface area contributed by atoms with Gasteiger partial charge >= 0.3 is 0 Å². The van der Waals surface area contributed by atoms with Gasteiger partial charge in [0.05, 0.1) is 5.41 Å². The molecule has 5 rings (SSSR count). The molecular weight excluding hydrogens is 364 g/mol. The zero-order valence-corrected chi connectivity index (χ0v) is 16.3. The number of benzene rings is 2. The number of hydrogen-bond donors (Lipinski definition) is 0. The molecule has 0 spiro atoms. The van der Waals surface area contributed by atoms with Gasteiger partial charge in [0, 0.05) is 9.75 Å². The molecule has 0 bridgehead atoms. The summed E-state index contributed by atoms with van der Waals surface area (Å²) in [4.78, 5) is 2.82. The van der Waals surface area contributed by atoms with Crippen LogP contribution in [0.25, 0.3) is 21.9 Å². The van der Waals surface area contributed by atoms with Crippen LogP contribution in [0.15, 0.2) is 95.7 Å². The lowest BCUT2D eigenvalue weighted by Crippen LogP contribution is -2.18. The molecule has 0 N–H and O–H groups in total.